The van der Waals surface area contributed by atoms with Crippen LogP contribution in [0.1, 0.15) is 23.2 Å². The quantitative estimate of drug-likeness (QED) is 0.791. The van der Waals surface area contributed by atoms with Gasteiger partial charge in [-0.3, -0.25) is 4.79 Å². The van der Waals surface area contributed by atoms with Crippen LogP contribution in [0, 0.1) is 0 Å². The molecule has 0 atom stereocenters. The van der Waals surface area contributed by atoms with Gasteiger partial charge in [0.2, 0.25) is 0 Å². The van der Waals surface area contributed by atoms with Crippen molar-refractivity contribution in [3.8, 4) is 5.75 Å². The van der Waals surface area contributed by atoms with Crippen LogP contribution in [-0.4, -0.2) is 30.3 Å². The minimum absolute atomic E-state index is 0.0204. The van der Waals surface area contributed by atoms with Crippen molar-refractivity contribution >= 4 is 5.91 Å². The molecule has 4 heteroatoms. The number of carbonyl (C=O) groups excluding carboxylic acids is 1. The molecule has 0 saturated carbocycles. The fraction of sp³-hybridized carbons (Fsp3) is 0.417. The van der Waals surface area contributed by atoms with E-state index in [1.54, 1.807) is 18.2 Å². The number of amides is 1. The molecule has 0 aromatic heterocycles. The van der Waals surface area contributed by atoms with Crippen LogP contribution in [-0.2, 0) is 4.74 Å². The smallest absolute Gasteiger partial charge is 0.255 e. The molecule has 1 aliphatic rings. The number of rotatable bonds is 2. The molecule has 1 aromatic rings. The highest BCUT2D eigenvalue weighted by molar-refractivity contribution is 5.96. The molecule has 0 spiro atoms. The van der Waals surface area contributed by atoms with Crippen LogP contribution < -0.4 is 5.32 Å². The maximum Gasteiger partial charge on any atom is 0.255 e. The third-order valence-electron chi connectivity index (χ3n) is 2.71. The van der Waals surface area contributed by atoms with E-state index in [0.717, 1.165) is 12.8 Å². The van der Waals surface area contributed by atoms with E-state index in [-0.39, 0.29) is 17.7 Å². The first-order valence-corrected chi connectivity index (χ1v) is 5.44. The van der Waals surface area contributed by atoms with Crippen LogP contribution in [0.5, 0.6) is 5.75 Å². The summed E-state index contributed by atoms with van der Waals surface area (Å²) in [5, 5.41) is 12.4. The average Bonchev–Trinajstić information content (AvgIpc) is 2.31. The molecule has 1 fully saturated rings. The van der Waals surface area contributed by atoms with Crippen LogP contribution in [0.15, 0.2) is 24.3 Å². The van der Waals surface area contributed by atoms with Gasteiger partial charge >= 0.3 is 0 Å². The normalized spacial score (nSPS) is 17.0. The highest BCUT2D eigenvalue weighted by atomic mass is 16.5. The molecule has 0 radical (unpaired) electrons. The summed E-state index contributed by atoms with van der Waals surface area (Å²) in [5.74, 6) is -0.197. The Morgan fingerprint density at radius 1 is 1.31 bits per heavy atom. The maximum absolute atomic E-state index is 11.8. The molecule has 4 nitrogen and oxygen atoms in total. The molecule has 0 bridgehead atoms. The molecule has 1 heterocycles. The zero-order valence-corrected chi connectivity index (χ0v) is 8.98. The molecule has 1 amide bonds. The molecule has 16 heavy (non-hydrogen) atoms. The maximum atomic E-state index is 11.8. The van der Waals surface area contributed by atoms with Gasteiger partial charge in [0.15, 0.2) is 0 Å². The summed E-state index contributed by atoms with van der Waals surface area (Å²) in [4.78, 5) is 11.8. The molecule has 1 aromatic carbocycles. The van der Waals surface area contributed by atoms with Gasteiger partial charge in [0.1, 0.15) is 5.75 Å². The van der Waals surface area contributed by atoms with Gasteiger partial charge in [-0.05, 0) is 25.0 Å². The molecule has 1 saturated heterocycles. The SMILES string of the molecule is O=C(NC1CCOCC1)c1ccccc1O. The van der Waals surface area contributed by atoms with Gasteiger partial charge in [-0.25, -0.2) is 0 Å². The van der Waals surface area contributed by atoms with E-state index in [2.05, 4.69) is 5.32 Å². The first-order chi connectivity index (χ1) is 7.77. The van der Waals surface area contributed by atoms with Gasteiger partial charge in [0, 0.05) is 19.3 Å². The molecule has 2 N–H and O–H groups in total. The monoisotopic (exact) mass is 221 g/mol. The summed E-state index contributed by atoms with van der Waals surface area (Å²) in [7, 11) is 0. The van der Waals surface area contributed by atoms with Crippen LogP contribution in [0.4, 0.5) is 0 Å². The summed E-state index contributed by atoms with van der Waals surface area (Å²) in [5.41, 5.74) is 0.328. The minimum atomic E-state index is -0.218. The van der Waals surface area contributed by atoms with Crippen molar-refractivity contribution in [2.45, 2.75) is 18.9 Å². The lowest BCUT2D eigenvalue weighted by molar-refractivity contribution is 0.0695. The third-order valence-corrected chi connectivity index (χ3v) is 2.71. The van der Waals surface area contributed by atoms with E-state index in [1.165, 1.54) is 6.07 Å². The summed E-state index contributed by atoms with van der Waals surface area (Å²) in [6.07, 6.45) is 1.67. The molecule has 1 aliphatic heterocycles. The number of para-hydroxylation sites is 1. The number of aromatic hydroxyl groups is 1. The molecule has 2 rings (SSSR count). The number of hydrogen-bond acceptors (Lipinski definition) is 3. The highest BCUT2D eigenvalue weighted by Crippen LogP contribution is 2.16. The van der Waals surface area contributed by atoms with Gasteiger partial charge in [-0.1, -0.05) is 12.1 Å². The van der Waals surface area contributed by atoms with Crippen molar-refractivity contribution in [3.63, 3.8) is 0 Å². The highest BCUT2D eigenvalue weighted by Gasteiger charge is 2.18. The zero-order valence-electron chi connectivity index (χ0n) is 8.98. The molecule has 0 unspecified atom stereocenters. The standard InChI is InChI=1S/C12H15NO3/c14-11-4-2-1-3-10(11)12(15)13-9-5-7-16-8-6-9/h1-4,9,14H,5-8H2,(H,13,15). The molecular formula is C12H15NO3. The van der Waals surface area contributed by atoms with Crippen molar-refractivity contribution in [1.82, 2.24) is 5.32 Å². The van der Waals surface area contributed by atoms with Crippen LogP contribution in [0.25, 0.3) is 0 Å². The average molecular weight is 221 g/mol. The molecule has 86 valence electrons. The van der Waals surface area contributed by atoms with Crippen molar-refractivity contribution in [3.05, 3.63) is 29.8 Å². The first kappa shape index (κ1) is 11.0. The number of phenols is 1. The van der Waals surface area contributed by atoms with Crippen LogP contribution >= 0.6 is 0 Å². The van der Waals surface area contributed by atoms with Crippen molar-refractivity contribution in [2.75, 3.05) is 13.2 Å². The van der Waals surface area contributed by atoms with E-state index < -0.39 is 0 Å². The van der Waals surface area contributed by atoms with Gasteiger partial charge in [0.05, 0.1) is 5.56 Å². The Morgan fingerprint density at radius 2 is 2.00 bits per heavy atom. The summed E-state index contributed by atoms with van der Waals surface area (Å²) in [6.45, 7) is 1.37. The van der Waals surface area contributed by atoms with Gasteiger partial charge in [-0.2, -0.15) is 0 Å². The second-order valence-corrected chi connectivity index (χ2v) is 3.88. The lowest BCUT2D eigenvalue weighted by Gasteiger charge is -2.23. The Bertz CT molecular complexity index is 372. The zero-order chi connectivity index (χ0) is 11.4. The Morgan fingerprint density at radius 3 is 2.69 bits per heavy atom. The lowest BCUT2D eigenvalue weighted by atomic mass is 10.1. The molecular weight excluding hydrogens is 206 g/mol. The first-order valence-electron chi connectivity index (χ1n) is 5.44. The van der Waals surface area contributed by atoms with E-state index in [9.17, 15) is 9.90 Å². The van der Waals surface area contributed by atoms with Gasteiger partial charge in [0.25, 0.3) is 5.91 Å². The Balaban J connectivity index is 2.00. The topological polar surface area (TPSA) is 58.6 Å². The number of hydrogen-bond donors (Lipinski definition) is 2. The third kappa shape index (κ3) is 2.52. The van der Waals surface area contributed by atoms with Crippen molar-refractivity contribution < 1.29 is 14.6 Å². The van der Waals surface area contributed by atoms with Crippen molar-refractivity contribution in [1.29, 1.82) is 0 Å². The summed E-state index contributed by atoms with van der Waals surface area (Å²) in [6, 6.07) is 6.71. The van der Waals surface area contributed by atoms with E-state index in [0.29, 0.717) is 18.8 Å². The van der Waals surface area contributed by atoms with Crippen LogP contribution in [0.2, 0.25) is 0 Å². The fourth-order valence-electron chi connectivity index (χ4n) is 1.77. The minimum Gasteiger partial charge on any atom is -0.507 e. The van der Waals surface area contributed by atoms with E-state index in [1.807, 2.05) is 0 Å². The van der Waals surface area contributed by atoms with E-state index >= 15 is 0 Å². The molecule has 0 aliphatic carbocycles. The van der Waals surface area contributed by atoms with Gasteiger partial charge in [-0.15, -0.1) is 0 Å². The number of carbonyl (C=O) groups is 1. The Hall–Kier alpha value is -1.55. The second kappa shape index (κ2) is 4.99. The largest absolute Gasteiger partial charge is 0.507 e. The summed E-state index contributed by atoms with van der Waals surface area (Å²) < 4.78 is 5.21. The van der Waals surface area contributed by atoms with Gasteiger partial charge < -0.3 is 15.2 Å². The number of benzene rings is 1. The number of ether oxygens (including phenoxy) is 1. The second-order valence-electron chi connectivity index (χ2n) is 3.88. The Labute approximate surface area is 94.2 Å². The van der Waals surface area contributed by atoms with Crippen LogP contribution in [0.3, 0.4) is 0 Å². The number of nitrogens with one attached hydrogen (secondary N) is 1. The Kier molecular flexibility index (Phi) is 3.41. The van der Waals surface area contributed by atoms with Crippen molar-refractivity contribution in [2.24, 2.45) is 0 Å². The predicted molar refractivity (Wildman–Crippen MR) is 59.4 cm³/mol. The van der Waals surface area contributed by atoms with E-state index in [4.69, 9.17) is 4.74 Å². The number of phenolic OH excluding ortho intramolecular Hbond substituents is 1. The summed E-state index contributed by atoms with van der Waals surface area (Å²) >= 11 is 0. The predicted octanol–water partition coefficient (Wildman–Crippen LogP) is 1.30. The fourth-order valence-corrected chi connectivity index (χ4v) is 1.77. The lowest BCUT2D eigenvalue weighted by Crippen LogP contribution is -2.38.